The van der Waals surface area contributed by atoms with Crippen LogP contribution in [0.5, 0.6) is 0 Å². The normalized spacial score (nSPS) is 10.2. The van der Waals surface area contributed by atoms with E-state index in [1.54, 1.807) is 24.3 Å². The van der Waals surface area contributed by atoms with Gasteiger partial charge in [0.05, 0.1) is 7.11 Å². The van der Waals surface area contributed by atoms with Crippen molar-refractivity contribution in [3.05, 3.63) is 71.8 Å². The van der Waals surface area contributed by atoms with Gasteiger partial charge < -0.3 is 15.0 Å². The number of nitrogens with one attached hydrogen (secondary N) is 1. The lowest BCUT2D eigenvalue weighted by Gasteiger charge is -2.21. The van der Waals surface area contributed by atoms with Crippen LogP contribution in [0.2, 0.25) is 0 Å². The molecule has 0 aliphatic carbocycles. The summed E-state index contributed by atoms with van der Waals surface area (Å²) in [5, 5.41) is 3.28. The van der Waals surface area contributed by atoms with Crippen LogP contribution in [0.4, 0.5) is 0 Å². The summed E-state index contributed by atoms with van der Waals surface area (Å²) in [6.07, 6.45) is 0. The Kier molecular flexibility index (Phi) is 6.98. The Morgan fingerprint density at radius 2 is 1.62 bits per heavy atom. The van der Waals surface area contributed by atoms with Gasteiger partial charge in [-0.15, -0.1) is 0 Å². The topological polar surface area (TPSA) is 58.6 Å². The van der Waals surface area contributed by atoms with Gasteiger partial charge in [-0.3, -0.25) is 9.59 Å². The molecule has 0 aromatic heterocycles. The zero-order valence-corrected chi connectivity index (χ0v) is 13.8. The van der Waals surface area contributed by atoms with E-state index in [1.165, 1.54) is 17.6 Å². The van der Waals surface area contributed by atoms with Crippen molar-refractivity contribution in [1.29, 1.82) is 0 Å². The molecule has 2 aromatic carbocycles. The molecule has 0 aliphatic heterocycles. The number of nitrogens with zero attached hydrogens (tertiary/aromatic N) is 1. The Hall–Kier alpha value is -2.66. The molecule has 1 N–H and O–H groups in total. The van der Waals surface area contributed by atoms with E-state index in [0.29, 0.717) is 25.2 Å². The van der Waals surface area contributed by atoms with E-state index in [1.807, 2.05) is 36.4 Å². The largest absolute Gasteiger partial charge is 0.468 e. The van der Waals surface area contributed by atoms with Gasteiger partial charge in [-0.1, -0.05) is 48.5 Å². The number of carbonyl (C=O) groups excluding carboxylic acids is 2. The van der Waals surface area contributed by atoms with Gasteiger partial charge in [0, 0.05) is 25.2 Å². The summed E-state index contributed by atoms with van der Waals surface area (Å²) in [5.74, 6) is -0.607. The van der Waals surface area contributed by atoms with Gasteiger partial charge >= 0.3 is 5.97 Å². The lowest BCUT2D eigenvalue weighted by molar-refractivity contribution is -0.141. The second-order valence-electron chi connectivity index (χ2n) is 5.33. The molecule has 24 heavy (non-hydrogen) atoms. The number of amides is 1. The van der Waals surface area contributed by atoms with E-state index in [2.05, 4.69) is 10.1 Å². The summed E-state index contributed by atoms with van der Waals surface area (Å²) >= 11 is 0. The second-order valence-corrected chi connectivity index (χ2v) is 5.33. The first-order chi connectivity index (χ1) is 11.7. The maximum Gasteiger partial charge on any atom is 0.325 e. The standard InChI is InChI=1S/C19H22N2O3/c1-24-18(22)15-21(19(23)17-10-6-3-7-11-17)13-12-20-14-16-8-4-2-5-9-16/h2-11,20H,12-15H2,1H3. The molecule has 5 heteroatoms. The van der Waals surface area contributed by atoms with Crippen LogP contribution in [0.15, 0.2) is 60.7 Å². The molecule has 0 heterocycles. The Bertz CT molecular complexity index is 644. The molecule has 1 amide bonds. The average Bonchev–Trinajstić information content (AvgIpc) is 2.65. The molecule has 0 saturated heterocycles. The molecule has 0 radical (unpaired) electrons. The first-order valence-corrected chi connectivity index (χ1v) is 7.86. The number of benzene rings is 2. The van der Waals surface area contributed by atoms with Gasteiger partial charge in [0.2, 0.25) is 0 Å². The summed E-state index contributed by atoms with van der Waals surface area (Å²) in [4.78, 5) is 25.6. The molecule has 0 fully saturated rings. The highest BCUT2D eigenvalue weighted by Crippen LogP contribution is 2.05. The van der Waals surface area contributed by atoms with Crippen molar-refractivity contribution in [2.75, 3.05) is 26.7 Å². The Balaban J connectivity index is 1.91. The highest BCUT2D eigenvalue weighted by molar-refractivity contribution is 5.95. The van der Waals surface area contributed by atoms with Gasteiger partial charge in [0.15, 0.2) is 0 Å². The Morgan fingerprint density at radius 1 is 1.00 bits per heavy atom. The summed E-state index contributed by atoms with van der Waals surface area (Å²) in [6, 6.07) is 19.0. The Morgan fingerprint density at radius 3 is 2.25 bits per heavy atom. The maximum absolute atomic E-state index is 12.6. The van der Waals surface area contributed by atoms with E-state index < -0.39 is 5.97 Å². The van der Waals surface area contributed by atoms with Gasteiger partial charge in [-0.25, -0.2) is 0 Å². The van der Waals surface area contributed by atoms with Crippen molar-refractivity contribution in [3.8, 4) is 0 Å². The van der Waals surface area contributed by atoms with E-state index >= 15 is 0 Å². The number of hydrogen-bond donors (Lipinski definition) is 1. The van der Waals surface area contributed by atoms with Crippen LogP contribution in [0.3, 0.4) is 0 Å². The minimum atomic E-state index is -0.428. The average molecular weight is 326 g/mol. The first-order valence-electron chi connectivity index (χ1n) is 7.86. The minimum absolute atomic E-state index is 0.0583. The number of hydrogen-bond acceptors (Lipinski definition) is 4. The molecule has 0 aliphatic rings. The number of ether oxygens (including phenoxy) is 1. The molecule has 0 spiro atoms. The van der Waals surface area contributed by atoms with Crippen molar-refractivity contribution in [3.63, 3.8) is 0 Å². The monoisotopic (exact) mass is 326 g/mol. The number of rotatable bonds is 8. The molecule has 0 unspecified atom stereocenters. The van der Waals surface area contributed by atoms with Crippen LogP contribution in [-0.2, 0) is 16.1 Å². The smallest absolute Gasteiger partial charge is 0.325 e. The van der Waals surface area contributed by atoms with Gasteiger partial charge in [-0.2, -0.15) is 0 Å². The van der Waals surface area contributed by atoms with Crippen LogP contribution in [0, 0.1) is 0 Å². The Labute approximate surface area is 142 Å². The fourth-order valence-corrected chi connectivity index (χ4v) is 2.28. The highest BCUT2D eigenvalue weighted by atomic mass is 16.5. The minimum Gasteiger partial charge on any atom is -0.468 e. The zero-order valence-electron chi connectivity index (χ0n) is 13.8. The quantitative estimate of drug-likeness (QED) is 0.596. The van der Waals surface area contributed by atoms with Crippen LogP contribution >= 0.6 is 0 Å². The summed E-state index contributed by atoms with van der Waals surface area (Å²) < 4.78 is 4.69. The van der Waals surface area contributed by atoms with Gasteiger partial charge in [0.1, 0.15) is 6.54 Å². The van der Waals surface area contributed by atoms with E-state index in [9.17, 15) is 9.59 Å². The number of methoxy groups -OCH3 is 1. The predicted molar refractivity (Wildman–Crippen MR) is 92.5 cm³/mol. The van der Waals surface area contributed by atoms with Crippen molar-refractivity contribution < 1.29 is 14.3 Å². The molecule has 0 saturated carbocycles. The molecule has 5 nitrogen and oxygen atoms in total. The summed E-state index contributed by atoms with van der Waals surface area (Å²) in [6.45, 7) is 1.67. The molecule has 2 aromatic rings. The van der Waals surface area contributed by atoms with Crippen molar-refractivity contribution in [1.82, 2.24) is 10.2 Å². The highest BCUT2D eigenvalue weighted by Gasteiger charge is 2.18. The van der Waals surface area contributed by atoms with Crippen LogP contribution in [-0.4, -0.2) is 43.5 Å². The van der Waals surface area contributed by atoms with Crippen LogP contribution < -0.4 is 5.32 Å². The van der Waals surface area contributed by atoms with Crippen molar-refractivity contribution in [2.45, 2.75) is 6.54 Å². The summed E-state index contributed by atoms with van der Waals surface area (Å²) in [5.41, 5.74) is 1.73. The van der Waals surface area contributed by atoms with Crippen LogP contribution in [0.1, 0.15) is 15.9 Å². The summed E-state index contributed by atoms with van der Waals surface area (Å²) in [7, 11) is 1.32. The number of carbonyl (C=O) groups is 2. The van der Waals surface area contributed by atoms with E-state index in [4.69, 9.17) is 0 Å². The fourth-order valence-electron chi connectivity index (χ4n) is 2.28. The molecular weight excluding hydrogens is 304 g/mol. The lowest BCUT2D eigenvalue weighted by Crippen LogP contribution is -2.40. The van der Waals surface area contributed by atoms with E-state index in [0.717, 1.165) is 0 Å². The number of esters is 1. The molecule has 0 atom stereocenters. The lowest BCUT2D eigenvalue weighted by atomic mass is 10.2. The van der Waals surface area contributed by atoms with Gasteiger partial charge in [-0.05, 0) is 17.7 Å². The zero-order chi connectivity index (χ0) is 17.2. The first kappa shape index (κ1) is 17.7. The second kappa shape index (κ2) is 9.47. The van der Waals surface area contributed by atoms with Crippen molar-refractivity contribution in [2.24, 2.45) is 0 Å². The predicted octanol–water partition coefficient (Wildman–Crippen LogP) is 2.09. The molecule has 126 valence electrons. The van der Waals surface area contributed by atoms with E-state index in [-0.39, 0.29) is 12.5 Å². The molecule has 0 bridgehead atoms. The molecule has 2 rings (SSSR count). The van der Waals surface area contributed by atoms with Crippen molar-refractivity contribution >= 4 is 11.9 Å². The SMILES string of the molecule is COC(=O)CN(CCNCc1ccccc1)C(=O)c1ccccc1. The van der Waals surface area contributed by atoms with Gasteiger partial charge in [0.25, 0.3) is 5.91 Å². The van der Waals surface area contributed by atoms with Crippen LogP contribution in [0.25, 0.3) is 0 Å². The third-order valence-electron chi connectivity index (χ3n) is 3.59. The maximum atomic E-state index is 12.6. The fraction of sp³-hybridized carbons (Fsp3) is 0.263. The third-order valence-corrected chi connectivity index (χ3v) is 3.59. The molecular formula is C19H22N2O3. The third kappa shape index (κ3) is 5.52.